The van der Waals surface area contributed by atoms with Crippen LogP contribution in [0.5, 0.6) is 11.5 Å². The number of halogens is 1. The lowest BCUT2D eigenvalue weighted by Gasteiger charge is -2.27. The standard InChI is InChI=1S/C15H11BrN2O4S/c1-2-3-18-14(20)9(13(19)17-15(18)23)4-8-5-11-12(6-10(8)16)22-7-21-11/h2,4-6H,1,3,7H2,(H,17,19,23). The van der Waals surface area contributed by atoms with E-state index in [0.29, 0.717) is 21.5 Å². The number of fused-ring (bicyclic) bond motifs is 1. The number of nitrogens with one attached hydrogen (secondary N) is 1. The molecular formula is C15H11BrN2O4S. The van der Waals surface area contributed by atoms with Crippen molar-refractivity contribution in [3.05, 3.63) is 40.4 Å². The number of amides is 2. The minimum Gasteiger partial charge on any atom is -0.454 e. The van der Waals surface area contributed by atoms with Crippen molar-refractivity contribution in [2.75, 3.05) is 13.3 Å². The van der Waals surface area contributed by atoms with E-state index in [0.717, 1.165) is 0 Å². The van der Waals surface area contributed by atoms with E-state index >= 15 is 0 Å². The van der Waals surface area contributed by atoms with E-state index in [-0.39, 0.29) is 24.0 Å². The second-order valence-electron chi connectivity index (χ2n) is 4.75. The molecule has 0 saturated carbocycles. The Balaban J connectivity index is 2.01. The number of carbonyl (C=O) groups is 2. The highest BCUT2D eigenvalue weighted by molar-refractivity contribution is 9.10. The largest absolute Gasteiger partial charge is 0.454 e. The van der Waals surface area contributed by atoms with Crippen LogP contribution in [0.25, 0.3) is 6.08 Å². The fraction of sp³-hybridized carbons (Fsp3) is 0.133. The summed E-state index contributed by atoms with van der Waals surface area (Å²) in [5, 5.41) is 2.57. The lowest BCUT2D eigenvalue weighted by atomic mass is 10.1. The van der Waals surface area contributed by atoms with Crippen molar-refractivity contribution in [2.24, 2.45) is 0 Å². The third-order valence-corrected chi connectivity index (χ3v) is 4.30. The summed E-state index contributed by atoms with van der Waals surface area (Å²) in [4.78, 5) is 25.9. The second kappa shape index (κ2) is 6.13. The number of rotatable bonds is 3. The summed E-state index contributed by atoms with van der Waals surface area (Å²) >= 11 is 8.40. The Kier molecular flexibility index (Phi) is 4.18. The number of nitrogens with zero attached hydrogens (tertiary/aromatic N) is 1. The van der Waals surface area contributed by atoms with Gasteiger partial charge in [0.05, 0.1) is 0 Å². The van der Waals surface area contributed by atoms with Crippen molar-refractivity contribution in [3.63, 3.8) is 0 Å². The molecule has 8 heteroatoms. The number of hydrogen-bond acceptors (Lipinski definition) is 5. The lowest BCUT2D eigenvalue weighted by molar-refractivity contribution is -0.128. The van der Waals surface area contributed by atoms with Gasteiger partial charge in [-0.2, -0.15) is 0 Å². The normalized spacial score (nSPS) is 18.4. The van der Waals surface area contributed by atoms with Crippen LogP contribution < -0.4 is 14.8 Å². The number of hydrogen-bond donors (Lipinski definition) is 1. The highest BCUT2D eigenvalue weighted by Crippen LogP contribution is 2.37. The van der Waals surface area contributed by atoms with Crippen LogP contribution in [0.4, 0.5) is 0 Å². The zero-order valence-electron chi connectivity index (χ0n) is 11.8. The van der Waals surface area contributed by atoms with Gasteiger partial charge in [0.2, 0.25) is 6.79 Å². The molecule has 0 atom stereocenters. The van der Waals surface area contributed by atoms with Crippen molar-refractivity contribution < 1.29 is 19.1 Å². The molecule has 2 amide bonds. The van der Waals surface area contributed by atoms with Crippen molar-refractivity contribution in [1.82, 2.24) is 10.2 Å². The van der Waals surface area contributed by atoms with Gasteiger partial charge in [0.1, 0.15) is 5.57 Å². The van der Waals surface area contributed by atoms with Gasteiger partial charge in [0.25, 0.3) is 11.8 Å². The van der Waals surface area contributed by atoms with Gasteiger partial charge in [-0.3, -0.25) is 19.8 Å². The quantitative estimate of drug-likeness (QED) is 0.367. The highest BCUT2D eigenvalue weighted by Gasteiger charge is 2.32. The number of ether oxygens (including phenoxy) is 2. The Hall–Kier alpha value is -2.19. The highest BCUT2D eigenvalue weighted by atomic mass is 79.9. The third kappa shape index (κ3) is 2.87. The molecule has 2 heterocycles. The minimum absolute atomic E-state index is 0.0139. The van der Waals surface area contributed by atoms with Gasteiger partial charge >= 0.3 is 0 Å². The molecule has 6 nitrogen and oxygen atoms in total. The lowest BCUT2D eigenvalue weighted by Crippen LogP contribution is -2.53. The molecular weight excluding hydrogens is 384 g/mol. The molecule has 1 aromatic rings. The Morgan fingerprint density at radius 3 is 2.74 bits per heavy atom. The predicted molar refractivity (Wildman–Crippen MR) is 90.9 cm³/mol. The van der Waals surface area contributed by atoms with Crippen LogP contribution in [0, 0.1) is 0 Å². The molecule has 2 aliphatic heterocycles. The molecule has 1 aromatic carbocycles. The van der Waals surface area contributed by atoms with Crippen LogP contribution in [0.1, 0.15) is 5.56 Å². The van der Waals surface area contributed by atoms with Gasteiger partial charge in [-0.05, 0) is 36.0 Å². The summed E-state index contributed by atoms with van der Waals surface area (Å²) in [5.41, 5.74) is 0.610. The van der Waals surface area contributed by atoms with Crippen LogP contribution in [0.15, 0.2) is 34.8 Å². The average Bonchev–Trinajstić information content (AvgIpc) is 2.94. The summed E-state index contributed by atoms with van der Waals surface area (Å²) in [5.74, 6) is 0.156. The minimum atomic E-state index is -0.537. The zero-order valence-corrected chi connectivity index (χ0v) is 14.2. The molecule has 0 unspecified atom stereocenters. The van der Waals surface area contributed by atoms with Crippen LogP contribution in [0.3, 0.4) is 0 Å². The number of benzene rings is 1. The maximum atomic E-state index is 12.5. The molecule has 0 bridgehead atoms. The Labute approximate surface area is 145 Å². The maximum Gasteiger partial charge on any atom is 0.265 e. The monoisotopic (exact) mass is 394 g/mol. The Bertz CT molecular complexity index is 775. The van der Waals surface area contributed by atoms with Gasteiger partial charge in [-0.15, -0.1) is 6.58 Å². The van der Waals surface area contributed by atoms with E-state index in [1.165, 1.54) is 17.1 Å². The fourth-order valence-electron chi connectivity index (χ4n) is 2.19. The van der Waals surface area contributed by atoms with Crippen molar-refractivity contribution in [1.29, 1.82) is 0 Å². The summed E-state index contributed by atoms with van der Waals surface area (Å²) in [6.07, 6.45) is 3.03. The van der Waals surface area contributed by atoms with Gasteiger partial charge in [-0.1, -0.05) is 22.0 Å². The second-order valence-corrected chi connectivity index (χ2v) is 5.99. The molecule has 2 aliphatic rings. The van der Waals surface area contributed by atoms with E-state index in [1.54, 1.807) is 12.1 Å². The van der Waals surface area contributed by atoms with Gasteiger partial charge in [-0.25, -0.2) is 0 Å². The zero-order chi connectivity index (χ0) is 16.6. The van der Waals surface area contributed by atoms with Crippen molar-refractivity contribution in [2.45, 2.75) is 0 Å². The molecule has 0 radical (unpaired) electrons. The molecule has 0 aliphatic carbocycles. The fourth-order valence-corrected chi connectivity index (χ4v) is 2.87. The smallest absolute Gasteiger partial charge is 0.265 e. The molecule has 1 N–H and O–H groups in total. The topological polar surface area (TPSA) is 67.9 Å². The molecule has 23 heavy (non-hydrogen) atoms. The first kappa shape index (κ1) is 15.7. The van der Waals surface area contributed by atoms with Gasteiger partial charge in [0, 0.05) is 11.0 Å². The SMILES string of the molecule is C=CCN1C(=O)C(=Cc2cc3c(cc2Br)OCO3)C(=O)NC1=S. The van der Waals surface area contributed by atoms with Crippen molar-refractivity contribution in [3.8, 4) is 11.5 Å². The number of carbonyl (C=O) groups excluding carboxylic acids is 2. The van der Waals surface area contributed by atoms with Gasteiger partial charge < -0.3 is 9.47 Å². The Morgan fingerprint density at radius 2 is 2.04 bits per heavy atom. The number of thiocarbonyl (C=S) groups is 1. The van der Waals surface area contributed by atoms with Crippen LogP contribution in [-0.2, 0) is 9.59 Å². The van der Waals surface area contributed by atoms with E-state index in [1.807, 2.05) is 0 Å². The summed E-state index contributed by atoms with van der Waals surface area (Å²) < 4.78 is 11.3. The van der Waals surface area contributed by atoms with E-state index in [9.17, 15) is 9.59 Å². The maximum absolute atomic E-state index is 12.5. The van der Waals surface area contributed by atoms with Crippen LogP contribution in [-0.4, -0.2) is 35.2 Å². The first-order valence-corrected chi connectivity index (χ1v) is 7.80. The first-order chi connectivity index (χ1) is 11.0. The first-order valence-electron chi connectivity index (χ1n) is 6.60. The molecule has 118 valence electrons. The molecule has 1 saturated heterocycles. The predicted octanol–water partition coefficient (Wildman–Crippen LogP) is 1.99. The summed E-state index contributed by atoms with van der Waals surface area (Å²) in [6, 6.07) is 3.43. The average molecular weight is 395 g/mol. The molecule has 1 fully saturated rings. The van der Waals surface area contributed by atoms with Crippen molar-refractivity contribution >= 4 is 51.2 Å². The van der Waals surface area contributed by atoms with E-state index in [2.05, 4.69) is 27.8 Å². The third-order valence-electron chi connectivity index (χ3n) is 3.29. The molecule has 0 aromatic heterocycles. The molecule has 3 rings (SSSR count). The van der Waals surface area contributed by atoms with Gasteiger partial charge in [0.15, 0.2) is 16.6 Å². The van der Waals surface area contributed by atoms with E-state index in [4.69, 9.17) is 21.7 Å². The van der Waals surface area contributed by atoms with E-state index < -0.39 is 11.8 Å². The summed E-state index contributed by atoms with van der Waals surface area (Å²) in [7, 11) is 0. The van der Waals surface area contributed by atoms with Crippen LogP contribution in [0.2, 0.25) is 0 Å². The molecule has 0 spiro atoms. The Morgan fingerprint density at radius 1 is 1.35 bits per heavy atom. The summed E-state index contributed by atoms with van der Waals surface area (Å²) in [6.45, 7) is 3.94. The van der Waals surface area contributed by atoms with Crippen LogP contribution >= 0.6 is 28.1 Å².